The van der Waals surface area contributed by atoms with E-state index in [0.29, 0.717) is 6.61 Å². The first-order valence-electron chi connectivity index (χ1n) is 3.93. The van der Waals surface area contributed by atoms with Gasteiger partial charge in [0, 0.05) is 12.3 Å². The number of carbonyl (C=O) groups excluding carboxylic acids is 1. The molecule has 1 saturated carbocycles. The first-order valence-corrected chi connectivity index (χ1v) is 3.93. The van der Waals surface area contributed by atoms with Crippen LogP contribution in [0.5, 0.6) is 0 Å². The summed E-state index contributed by atoms with van der Waals surface area (Å²) in [5, 5.41) is 8.96. The zero-order valence-electron chi connectivity index (χ0n) is 6.80. The quantitative estimate of drug-likeness (QED) is 0.615. The highest BCUT2D eigenvalue weighted by atomic mass is 16.5. The number of aliphatic hydroxyl groups is 1. The molecular weight excluding hydrogens is 144 g/mol. The predicted octanol–water partition coefficient (Wildman–Crippen LogP) is 0.712. The summed E-state index contributed by atoms with van der Waals surface area (Å²) in [6.45, 7) is 1.92. The van der Waals surface area contributed by atoms with Gasteiger partial charge in [-0.05, 0) is 12.8 Å². The Bertz CT molecular complexity index is 144. The van der Waals surface area contributed by atoms with E-state index in [-0.39, 0.29) is 18.0 Å². The molecule has 1 aliphatic rings. The Morgan fingerprint density at radius 2 is 2.27 bits per heavy atom. The highest BCUT2D eigenvalue weighted by Crippen LogP contribution is 2.40. The first kappa shape index (κ1) is 8.53. The van der Waals surface area contributed by atoms with Crippen LogP contribution in [0.3, 0.4) is 0 Å². The van der Waals surface area contributed by atoms with Gasteiger partial charge in [0.05, 0.1) is 13.2 Å². The second kappa shape index (κ2) is 3.22. The van der Waals surface area contributed by atoms with Gasteiger partial charge in [-0.1, -0.05) is 6.42 Å². The number of hydrogen-bond acceptors (Lipinski definition) is 3. The third kappa shape index (κ3) is 1.93. The molecule has 0 aromatic heterocycles. The molecule has 0 radical (unpaired) electrons. The fourth-order valence-electron chi connectivity index (χ4n) is 1.28. The second-order valence-corrected chi connectivity index (χ2v) is 3.29. The summed E-state index contributed by atoms with van der Waals surface area (Å²) in [5.41, 5.74) is -0.0916. The first-order chi connectivity index (χ1) is 5.18. The Kier molecular flexibility index (Phi) is 2.49. The molecule has 64 valence electrons. The molecule has 0 saturated heterocycles. The minimum Gasteiger partial charge on any atom is -0.465 e. The van der Waals surface area contributed by atoms with Gasteiger partial charge in [-0.15, -0.1) is 0 Å². The number of ether oxygens (including phenoxy) is 1. The lowest BCUT2D eigenvalue weighted by molar-refractivity contribution is -0.148. The van der Waals surface area contributed by atoms with E-state index in [2.05, 4.69) is 0 Å². The molecule has 3 nitrogen and oxygen atoms in total. The summed E-state index contributed by atoms with van der Waals surface area (Å²) in [4.78, 5) is 10.4. The van der Waals surface area contributed by atoms with Crippen LogP contribution in [0.4, 0.5) is 0 Å². The van der Waals surface area contributed by atoms with Crippen LogP contribution in [0.1, 0.15) is 26.2 Å². The monoisotopic (exact) mass is 158 g/mol. The molecule has 0 spiro atoms. The maximum absolute atomic E-state index is 10.4. The maximum atomic E-state index is 10.4. The highest BCUT2D eigenvalue weighted by molar-refractivity contribution is 5.65. The Labute approximate surface area is 66.4 Å². The van der Waals surface area contributed by atoms with Crippen molar-refractivity contribution in [1.82, 2.24) is 0 Å². The van der Waals surface area contributed by atoms with Crippen LogP contribution in [-0.2, 0) is 9.53 Å². The van der Waals surface area contributed by atoms with Crippen molar-refractivity contribution in [3.8, 4) is 0 Å². The number of rotatable bonds is 3. The standard InChI is InChI=1S/C8H14O3/c1-7(10)11-6-8(5-9)3-2-4-8/h9H,2-6H2,1H3. The van der Waals surface area contributed by atoms with Crippen molar-refractivity contribution in [1.29, 1.82) is 0 Å². The van der Waals surface area contributed by atoms with Crippen molar-refractivity contribution in [3.63, 3.8) is 0 Å². The van der Waals surface area contributed by atoms with E-state index < -0.39 is 0 Å². The molecule has 0 heterocycles. The zero-order valence-corrected chi connectivity index (χ0v) is 6.80. The topological polar surface area (TPSA) is 46.5 Å². The summed E-state index contributed by atoms with van der Waals surface area (Å²) in [6, 6.07) is 0. The van der Waals surface area contributed by atoms with Crippen LogP contribution in [0.25, 0.3) is 0 Å². The molecule has 0 amide bonds. The summed E-state index contributed by atoms with van der Waals surface area (Å²) in [5.74, 6) is -0.260. The minimum absolute atomic E-state index is 0.0916. The lowest BCUT2D eigenvalue weighted by Crippen LogP contribution is -2.38. The molecule has 11 heavy (non-hydrogen) atoms. The summed E-state index contributed by atoms with van der Waals surface area (Å²) >= 11 is 0. The van der Waals surface area contributed by atoms with Crippen molar-refractivity contribution in [2.75, 3.05) is 13.2 Å². The molecule has 1 fully saturated rings. The van der Waals surface area contributed by atoms with Gasteiger partial charge in [0.2, 0.25) is 0 Å². The molecule has 3 heteroatoms. The van der Waals surface area contributed by atoms with Crippen LogP contribution < -0.4 is 0 Å². The molecule has 0 aromatic carbocycles. The van der Waals surface area contributed by atoms with Crippen molar-refractivity contribution in [2.24, 2.45) is 5.41 Å². The molecule has 0 atom stereocenters. The van der Waals surface area contributed by atoms with Gasteiger partial charge < -0.3 is 9.84 Å². The highest BCUT2D eigenvalue weighted by Gasteiger charge is 2.37. The Morgan fingerprint density at radius 1 is 1.64 bits per heavy atom. The molecule has 1 N–H and O–H groups in total. The molecule has 0 unspecified atom stereocenters. The van der Waals surface area contributed by atoms with Gasteiger partial charge in [0.25, 0.3) is 0 Å². The largest absolute Gasteiger partial charge is 0.465 e. The van der Waals surface area contributed by atoms with Crippen LogP contribution in [0, 0.1) is 5.41 Å². The van der Waals surface area contributed by atoms with E-state index in [1.54, 1.807) is 0 Å². The number of hydrogen-bond donors (Lipinski definition) is 1. The van der Waals surface area contributed by atoms with E-state index in [9.17, 15) is 4.79 Å². The van der Waals surface area contributed by atoms with Crippen LogP contribution in [0.2, 0.25) is 0 Å². The van der Waals surface area contributed by atoms with Gasteiger partial charge in [-0.3, -0.25) is 4.79 Å². The molecular formula is C8H14O3. The Balaban J connectivity index is 2.27. The summed E-state index contributed by atoms with van der Waals surface area (Å²) in [6.07, 6.45) is 3.11. The minimum atomic E-state index is -0.260. The number of aliphatic hydroxyl groups excluding tert-OH is 1. The van der Waals surface area contributed by atoms with E-state index in [0.717, 1.165) is 19.3 Å². The van der Waals surface area contributed by atoms with Crippen molar-refractivity contribution >= 4 is 5.97 Å². The number of carbonyl (C=O) groups is 1. The van der Waals surface area contributed by atoms with Crippen molar-refractivity contribution in [2.45, 2.75) is 26.2 Å². The van der Waals surface area contributed by atoms with Crippen LogP contribution >= 0.6 is 0 Å². The Morgan fingerprint density at radius 3 is 2.55 bits per heavy atom. The smallest absolute Gasteiger partial charge is 0.302 e. The predicted molar refractivity (Wildman–Crippen MR) is 40.0 cm³/mol. The van der Waals surface area contributed by atoms with Gasteiger partial charge in [-0.25, -0.2) is 0 Å². The lowest BCUT2D eigenvalue weighted by atomic mass is 9.70. The second-order valence-electron chi connectivity index (χ2n) is 3.29. The molecule has 0 bridgehead atoms. The van der Waals surface area contributed by atoms with Crippen molar-refractivity contribution in [3.05, 3.63) is 0 Å². The molecule has 0 aliphatic heterocycles. The van der Waals surface area contributed by atoms with Gasteiger partial charge >= 0.3 is 5.97 Å². The maximum Gasteiger partial charge on any atom is 0.302 e. The zero-order chi connectivity index (χ0) is 8.32. The van der Waals surface area contributed by atoms with Crippen LogP contribution in [0.15, 0.2) is 0 Å². The Hall–Kier alpha value is -0.570. The third-order valence-electron chi connectivity index (χ3n) is 2.33. The molecule has 1 aliphatic carbocycles. The van der Waals surface area contributed by atoms with Gasteiger partial charge in [0.1, 0.15) is 0 Å². The van der Waals surface area contributed by atoms with Gasteiger partial charge in [0.15, 0.2) is 0 Å². The average Bonchev–Trinajstić information content (AvgIpc) is 1.86. The average molecular weight is 158 g/mol. The molecule has 0 aromatic rings. The summed E-state index contributed by atoms with van der Waals surface area (Å²) < 4.78 is 4.84. The van der Waals surface area contributed by atoms with E-state index >= 15 is 0 Å². The van der Waals surface area contributed by atoms with Gasteiger partial charge in [-0.2, -0.15) is 0 Å². The SMILES string of the molecule is CC(=O)OCC1(CO)CCC1. The fourth-order valence-corrected chi connectivity index (χ4v) is 1.28. The van der Waals surface area contributed by atoms with E-state index in [1.165, 1.54) is 6.92 Å². The third-order valence-corrected chi connectivity index (χ3v) is 2.33. The van der Waals surface area contributed by atoms with Crippen molar-refractivity contribution < 1.29 is 14.6 Å². The fraction of sp³-hybridized carbons (Fsp3) is 0.875. The van der Waals surface area contributed by atoms with E-state index in [4.69, 9.17) is 9.84 Å². The summed E-state index contributed by atoms with van der Waals surface area (Å²) in [7, 11) is 0. The normalized spacial score (nSPS) is 20.5. The molecule has 1 rings (SSSR count). The van der Waals surface area contributed by atoms with E-state index in [1.807, 2.05) is 0 Å². The van der Waals surface area contributed by atoms with Crippen LogP contribution in [-0.4, -0.2) is 24.3 Å². The number of esters is 1. The lowest BCUT2D eigenvalue weighted by Gasteiger charge is -2.39.